The van der Waals surface area contributed by atoms with E-state index in [1.54, 1.807) is 0 Å². The fourth-order valence-electron chi connectivity index (χ4n) is 3.98. The maximum Gasteiger partial charge on any atom is 0.0353 e. The highest BCUT2D eigenvalue weighted by atomic mass is 79.9. The Bertz CT molecular complexity index is 657. The van der Waals surface area contributed by atoms with Gasteiger partial charge in [0.1, 0.15) is 0 Å². The van der Waals surface area contributed by atoms with E-state index in [0.29, 0.717) is 16.1 Å². The van der Waals surface area contributed by atoms with E-state index in [9.17, 15) is 0 Å². The van der Waals surface area contributed by atoms with Crippen LogP contribution in [0.5, 0.6) is 0 Å². The van der Waals surface area contributed by atoms with Crippen molar-refractivity contribution in [2.45, 2.75) is 40.9 Å². The van der Waals surface area contributed by atoms with Crippen molar-refractivity contribution in [3.8, 4) is 0 Å². The molecule has 3 heteroatoms. The lowest BCUT2D eigenvalue weighted by Crippen LogP contribution is -2.40. The third kappa shape index (κ3) is 3.24. The average molecular weight is 388 g/mol. The molecule has 1 heterocycles. The molecule has 0 amide bonds. The van der Waals surface area contributed by atoms with Crippen molar-refractivity contribution in [3.63, 3.8) is 0 Å². The summed E-state index contributed by atoms with van der Waals surface area (Å²) in [6.45, 7) is 4.47. The summed E-state index contributed by atoms with van der Waals surface area (Å²) in [5.74, 6) is 0.798. The number of alkyl halides is 1. The molecular formula is C20H22BrNS. The molecule has 1 saturated heterocycles. The van der Waals surface area contributed by atoms with Crippen molar-refractivity contribution < 1.29 is 0 Å². The summed E-state index contributed by atoms with van der Waals surface area (Å²) in [6.07, 6.45) is 1.34. The van der Waals surface area contributed by atoms with Gasteiger partial charge in [0, 0.05) is 34.1 Å². The van der Waals surface area contributed by atoms with E-state index in [2.05, 4.69) is 94.1 Å². The number of benzene rings is 2. The molecule has 1 nitrogen and oxygen atoms in total. The Morgan fingerprint density at radius 2 is 1.83 bits per heavy atom. The number of thioether (sulfide) groups is 1. The predicted molar refractivity (Wildman–Crippen MR) is 102 cm³/mol. The zero-order valence-electron chi connectivity index (χ0n) is 13.4. The Balaban J connectivity index is 1.48. The lowest BCUT2D eigenvalue weighted by molar-refractivity contribution is 0.211. The number of rotatable bonds is 4. The van der Waals surface area contributed by atoms with E-state index < -0.39 is 0 Å². The third-order valence-corrected chi connectivity index (χ3v) is 7.73. The molecule has 0 spiro atoms. The van der Waals surface area contributed by atoms with Crippen LogP contribution in [0.4, 0.5) is 0 Å². The SMILES string of the molecule is Cc1ccc(S[C@@H]2C[C@@H]3CN(Cc4ccccc4)[C@H]2[C@@H]3Br)cc1. The molecule has 2 bridgehead atoms. The minimum atomic E-state index is 0.645. The van der Waals surface area contributed by atoms with Gasteiger partial charge in [-0.1, -0.05) is 64.0 Å². The number of hydrogen-bond donors (Lipinski definition) is 0. The van der Waals surface area contributed by atoms with Gasteiger partial charge in [-0.2, -0.15) is 0 Å². The molecule has 2 aromatic carbocycles. The molecule has 1 aliphatic carbocycles. The standard InChI is InChI=1S/C20H22BrNS/c1-14-7-9-17(10-8-14)23-18-11-16-13-22(20(18)19(16)21)12-15-5-3-2-4-6-15/h2-10,16,18-20H,11-13H2,1H3/t16-,18-,19-,20-/m1/s1. The van der Waals surface area contributed by atoms with Gasteiger partial charge in [-0.05, 0) is 37.0 Å². The van der Waals surface area contributed by atoms with Gasteiger partial charge < -0.3 is 0 Å². The molecule has 0 unspecified atom stereocenters. The largest absolute Gasteiger partial charge is 0.294 e. The molecule has 1 saturated carbocycles. The highest BCUT2D eigenvalue weighted by molar-refractivity contribution is 9.09. The molecule has 2 aromatic rings. The lowest BCUT2D eigenvalue weighted by atomic mass is 10.1. The second kappa shape index (κ2) is 6.62. The Labute approximate surface area is 151 Å². The molecule has 0 radical (unpaired) electrons. The quantitative estimate of drug-likeness (QED) is 0.669. The number of aryl methyl sites for hydroxylation is 1. The van der Waals surface area contributed by atoms with E-state index in [1.807, 2.05) is 0 Å². The number of piperidine rings is 1. The van der Waals surface area contributed by atoms with Crippen LogP contribution in [-0.2, 0) is 6.54 Å². The summed E-state index contributed by atoms with van der Waals surface area (Å²) < 4.78 is 0. The first-order valence-corrected chi connectivity index (χ1v) is 10.2. The summed E-state index contributed by atoms with van der Waals surface area (Å²) >= 11 is 6.07. The van der Waals surface area contributed by atoms with Gasteiger partial charge in [-0.15, -0.1) is 11.8 Å². The van der Waals surface area contributed by atoms with Gasteiger partial charge in [0.25, 0.3) is 0 Å². The van der Waals surface area contributed by atoms with Crippen molar-refractivity contribution in [2.75, 3.05) is 6.54 Å². The first kappa shape index (κ1) is 15.7. The minimum Gasteiger partial charge on any atom is -0.294 e. The molecule has 2 fully saturated rings. The van der Waals surface area contributed by atoms with Crippen LogP contribution in [0.15, 0.2) is 59.5 Å². The van der Waals surface area contributed by atoms with E-state index in [0.717, 1.165) is 12.5 Å². The Kier molecular flexibility index (Phi) is 4.53. The van der Waals surface area contributed by atoms with Crippen LogP contribution in [0.1, 0.15) is 17.5 Å². The summed E-state index contributed by atoms with van der Waals surface area (Å²) in [5.41, 5.74) is 2.77. The third-order valence-electron chi connectivity index (χ3n) is 5.12. The van der Waals surface area contributed by atoms with E-state index >= 15 is 0 Å². The summed E-state index contributed by atoms with van der Waals surface area (Å²) in [4.78, 5) is 4.75. The van der Waals surface area contributed by atoms with Gasteiger partial charge >= 0.3 is 0 Å². The molecule has 4 rings (SSSR count). The molecule has 23 heavy (non-hydrogen) atoms. The Morgan fingerprint density at radius 3 is 2.52 bits per heavy atom. The van der Waals surface area contributed by atoms with Crippen molar-refractivity contribution in [2.24, 2.45) is 5.92 Å². The molecule has 0 N–H and O–H groups in total. The number of fused-ring (bicyclic) bond motifs is 2. The zero-order valence-corrected chi connectivity index (χ0v) is 15.8. The molecule has 2 aliphatic rings. The second-order valence-electron chi connectivity index (χ2n) is 6.82. The maximum atomic E-state index is 4.00. The highest BCUT2D eigenvalue weighted by Gasteiger charge is 2.51. The molecule has 120 valence electrons. The van der Waals surface area contributed by atoms with Gasteiger partial charge in [-0.25, -0.2) is 0 Å². The van der Waals surface area contributed by atoms with Crippen LogP contribution in [0, 0.1) is 12.8 Å². The average Bonchev–Trinajstić information content (AvgIpc) is 3.02. The summed E-state index contributed by atoms with van der Waals surface area (Å²) in [5, 5.41) is 0.699. The van der Waals surface area contributed by atoms with Crippen LogP contribution < -0.4 is 0 Å². The van der Waals surface area contributed by atoms with E-state index in [-0.39, 0.29) is 0 Å². The lowest BCUT2D eigenvalue weighted by Gasteiger charge is -2.33. The summed E-state index contributed by atoms with van der Waals surface area (Å²) in [6, 6.07) is 20.5. The zero-order chi connectivity index (χ0) is 15.8. The maximum absolute atomic E-state index is 4.00. The van der Waals surface area contributed by atoms with Crippen LogP contribution in [-0.4, -0.2) is 27.6 Å². The van der Waals surface area contributed by atoms with Gasteiger partial charge in [-0.3, -0.25) is 4.90 Å². The Hall–Kier alpha value is -0.770. The highest BCUT2D eigenvalue weighted by Crippen LogP contribution is 2.49. The molecule has 1 aliphatic heterocycles. The Morgan fingerprint density at radius 1 is 1.09 bits per heavy atom. The van der Waals surface area contributed by atoms with Gasteiger partial charge in [0.05, 0.1) is 0 Å². The first-order valence-electron chi connectivity index (χ1n) is 8.36. The predicted octanol–water partition coefficient (Wildman–Crippen LogP) is 5.12. The second-order valence-corrected chi connectivity index (χ2v) is 9.19. The monoisotopic (exact) mass is 387 g/mol. The van der Waals surface area contributed by atoms with Crippen molar-refractivity contribution in [1.29, 1.82) is 0 Å². The number of nitrogens with zero attached hydrogens (tertiary/aromatic N) is 1. The van der Waals surface area contributed by atoms with E-state index in [4.69, 9.17) is 0 Å². The minimum absolute atomic E-state index is 0.645. The van der Waals surface area contributed by atoms with Crippen molar-refractivity contribution >= 4 is 27.7 Å². The normalized spacial score (nSPS) is 30.0. The molecule has 0 aromatic heterocycles. The molecule has 4 atom stereocenters. The van der Waals surface area contributed by atoms with Crippen molar-refractivity contribution in [3.05, 3.63) is 65.7 Å². The van der Waals surface area contributed by atoms with Crippen LogP contribution in [0.3, 0.4) is 0 Å². The van der Waals surface area contributed by atoms with Crippen LogP contribution in [0.25, 0.3) is 0 Å². The van der Waals surface area contributed by atoms with E-state index in [1.165, 1.54) is 29.0 Å². The number of halogens is 1. The van der Waals surface area contributed by atoms with Crippen molar-refractivity contribution in [1.82, 2.24) is 4.90 Å². The molecular weight excluding hydrogens is 366 g/mol. The fourth-order valence-corrected chi connectivity index (χ4v) is 6.74. The number of likely N-dealkylation sites (tertiary alicyclic amines) is 1. The van der Waals surface area contributed by atoms with Crippen LogP contribution >= 0.6 is 27.7 Å². The summed E-state index contributed by atoms with van der Waals surface area (Å²) in [7, 11) is 0. The van der Waals surface area contributed by atoms with Gasteiger partial charge in [0.15, 0.2) is 0 Å². The fraction of sp³-hybridized carbons (Fsp3) is 0.400. The topological polar surface area (TPSA) is 3.24 Å². The number of hydrogen-bond acceptors (Lipinski definition) is 2. The van der Waals surface area contributed by atoms with Crippen LogP contribution in [0.2, 0.25) is 0 Å². The smallest absolute Gasteiger partial charge is 0.0353 e. The first-order chi connectivity index (χ1) is 11.2. The van der Waals surface area contributed by atoms with Gasteiger partial charge in [0.2, 0.25) is 0 Å².